The van der Waals surface area contributed by atoms with Gasteiger partial charge in [0.2, 0.25) is 0 Å². The SMILES string of the molecule is C[C@]12CC=CC[C@@H]1CC[C@@H]1[C@@H]2CC[C@]2(C)C(C(=O)c3ccccc3)=CC[C@@H]12. The Bertz CT molecular complexity index is 803. The van der Waals surface area contributed by atoms with Gasteiger partial charge in [-0.15, -0.1) is 0 Å². The molecule has 2 fully saturated rings. The van der Waals surface area contributed by atoms with Gasteiger partial charge in [0.15, 0.2) is 5.78 Å². The summed E-state index contributed by atoms with van der Waals surface area (Å²) in [5.74, 6) is 3.47. The van der Waals surface area contributed by atoms with Gasteiger partial charge in [-0.3, -0.25) is 4.79 Å². The average Bonchev–Trinajstić information content (AvgIpc) is 3.05. The van der Waals surface area contributed by atoms with E-state index in [1.807, 2.05) is 30.3 Å². The van der Waals surface area contributed by atoms with Crippen LogP contribution in [0.2, 0.25) is 0 Å². The van der Waals surface area contributed by atoms with Crippen molar-refractivity contribution in [2.45, 2.75) is 58.8 Å². The molecule has 0 spiro atoms. The summed E-state index contributed by atoms with van der Waals surface area (Å²) in [4.78, 5) is 13.3. The maximum Gasteiger partial charge on any atom is 0.189 e. The van der Waals surface area contributed by atoms with E-state index in [0.29, 0.717) is 11.3 Å². The van der Waals surface area contributed by atoms with Gasteiger partial charge < -0.3 is 0 Å². The first-order valence-corrected chi connectivity index (χ1v) is 11.0. The van der Waals surface area contributed by atoms with Crippen molar-refractivity contribution < 1.29 is 4.79 Å². The molecule has 0 amide bonds. The molecule has 0 aromatic heterocycles. The number of hydrogen-bond acceptors (Lipinski definition) is 1. The summed E-state index contributed by atoms with van der Waals surface area (Å²) in [5, 5.41) is 0. The Balaban J connectivity index is 1.44. The lowest BCUT2D eigenvalue weighted by molar-refractivity contribution is -0.0818. The van der Waals surface area contributed by atoms with Crippen molar-refractivity contribution in [3.63, 3.8) is 0 Å². The van der Waals surface area contributed by atoms with Crippen LogP contribution in [0.5, 0.6) is 0 Å². The summed E-state index contributed by atoms with van der Waals surface area (Å²) in [5.41, 5.74) is 2.56. The number of benzene rings is 1. The highest BCUT2D eigenvalue weighted by Crippen LogP contribution is 2.65. The van der Waals surface area contributed by atoms with Gasteiger partial charge in [0.05, 0.1) is 0 Å². The van der Waals surface area contributed by atoms with Gasteiger partial charge in [-0.1, -0.05) is 62.4 Å². The van der Waals surface area contributed by atoms with Gasteiger partial charge in [0.1, 0.15) is 0 Å². The Morgan fingerprint density at radius 1 is 0.963 bits per heavy atom. The average molecular weight is 361 g/mol. The van der Waals surface area contributed by atoms with Crippen molar-refractivity contribution in [1.29, 1.82) is 0 Å². The van der Waals surface area contributed by atoms with Gasteiger partial charge >= 0.3 is 0 Å². The molecule has 0 aliphatic heterocycles. The summed E-state index contributed by atoms with van der Waals surface area (Å²) < 4.78 is 0. The zero-order valence-electron chi connectivity index (χ0n) is 16.8. The van der Waals surface area contributed by atoms with Crippen LogP contribution in [0.15, 0.2) is 54.1 Å². The number of rotatable bonds is 2. The van der Waals surface area contributed by atoms with Crippen LogP contribution in [0.25, 0.3) is 0 Å². The van der Waals surface area contributed by atoms with E-state index in [1.54, 1.807) is 0 Å². The Morgan fingerprint density at radius 3 is 2.59 bits per heavy atom. The molecule has 6 atom stereocenters. The lowest BCUT2D eigenvalue weighted by Gasteiger charge is -2.59. The van der Waals surface area contributed by atoms with Gasteiger partial charge in [-0.25, -0.2) is 0 Å². The van der Waals surface area contributed by atoms with Crippen LogP contribution in [-0.2, 0) is 0 Å². The Morgan fingerprint density at radius 2 is 1.78 bits per heavy atom. The molecule has 1 aromatic carbocycles. The quantitative estimate of drug-likeness (QED) is 0.428. The van der Waals surface area contributed by atoms with Crippen LogP contribution in [0.3, 0.4) is 0 Å². The lowest BCUT2D eigenvalue weighted by atomic mass is 9.45. The monoisotopic (exact) mass is 360 g/mol. The van der Waals surface area contributed by atoms with Crippen LogP contribution in [0.1, 0.15) is 69.2 Å². The van der Waals surface area contributed by atoms with E-state index in [2.05, 4.69) is 32.1 Å². The maximum absolute atomic E-state index is 13.3. The molecule has 2 saturated carbocycles. The number of carbonyl (C=O) groups is 1. The Hall–Kier alpha value is -1.63. The largest absolute Gasteiger partial charge is 0.289 e. The summed E-state index contributed by atoms with van der Waals surface area (Å²) in [6.07, 6.45) is 16.1. The van der Waals surface area contributed by atoms with Gasteiger partial charge in [-0.2, -0.15) is 0 Å². The molecule has 0 N–H and O–H groups in total. The molecular weight excluding hydrogens is 328 g/mol. The minimum absolute atomic E-state index is 0.0851. The predicted molar refractivity (Wildman–Crippen MR) is 110 cm³/mol. The Labute approximate surface area is 163 Å². The fourth-order valence-corrected chi connectivity index (χ4v) is 7.50. The van der Waals surface area contributed by atoms with Crippen LogP contribution in [-0.4, -0.2) is 5.78 Å². The van der Waals surface area contributed by atoms with Crippen LogP contribution < -0.4 is 0 Å². The van der Waals surface area contributed by atoms with Crippen molar-refractivity contribution in [3.8, 4) is 0 Å². The smallest absolute Gasteiger partial charge is 0.189 e. The molecule has 1 aromatic rings. The fraction of sp³-hybridized carbons (Fsp3) is 0.577. The number of ketones is 1. The highest BCUT2D eigenvalue weighted by Gasteiger charge is 2.58. The number of carbonyl (C=O) groups excluding carboxylic acids is 1. The van der Waals surface area contributed by atoms with E-state index in [1.165, 1.54) is 38.5 Å². The summed E-state index contributed by atoms with van der Waals surface area (Å²) in [6.45, 7) is 4.99. The number of hydrogen-bond donors (Lipinski definition) is 0. The molecule has 0 heterocycles. The van der Waals surface area contributed by atoms with E-state index >= 15 is 0 Å². The van der Waals surface area contributed by atoms with E-state index in [-0.39, 0.29) is 11.2 Å². The lowest BCUT2D eigenvalue weighted by Crippen LogP contribution is -2.52. The number of fused-ring (bicyclic) bond motifs is 5. The van der Waals surface area contributed by atoms with Crippen molar-refractivity contribution >= 4 is 5.78 Å². The van der Waals surface area contributed by atoms with Crippen LogP contribution in [0, 0.1) is 34.5 Å². The van der Waals surface area contributed by atoms with Crippen molar-refractivity contribution in [2.24, 2.45) is 34.5 Å². The van der Waals surface area contributed by atoms with Crippen LogP contribution in [0.4, 0.5) is 0 Å². The predicted octanol–water partition coefficient (Wildman–Crippen LogP) is 6.61. The molecule has 0 unspecified atom stereocenters. The molecule has 142 valence electrons. The molecule has 1 heteroatoms. The molecule has 0 saturated heterocycles. The second kappa shape index (κ2) is 6.19. The van der Waals surface area contributed by atoms with E-state index in [4.69, 9.17) is 0 Å². The summed E-state index contributed by atoms with van der Waals surface area (Å²) >= 11 is 0. The van der Waals surface area contributed by atoms with Crippen LogP contribution >= 0.6 is 0 Å². The molecule has 0 bridgehead atoms. The first-order chi connectivity index (χ1) is 13.0. The molecule has 0 radical (unpaired) electrons. The zero-order chi connectivity index (χ0) is 18.6. The molecule has 4 aliphatic rings. The topological polar surface area (TPSA) is 17.1 Å². The third-order valence-electron chi connectivity index (χ3n) is 9.07. The molecule has 4 aliphatic carbocycles. The van der Waals surface area contributed by atoms with Crippen molar-refractivity contribution in [1.82, 2.24) is 0 Å². The zero-order valence-corrected chi connectivity index (χ0v) is 16.8. The minimum atomic E-state index is 0.0851. The highest BCUT2D eigenvalue weighted by molar-refractivity contribution is 6.09. The third kappa shape index (κ3) is 2.46. The van der Waals surface area contributed by atoms with Gasteiger partial charge in [-0.05, 0) is 79.4 Å². The normalized spacial score (nSPS) is 42.7. The summed E-state index contributed by atoms with van der Waals surface area (Å²) in [7, 11) is 0. The van der Waals surface area contributed by atoms with Gasteiger partial charge in [0, 0.05) is 11.1 Å². The number of Topliss-reactive ketones (excluding diaryl/α,β-unsaturated/α-hetero) is 1. The molecule has 1 nitrogen and oxygen atoms in total. The number of allylic oxidation sites excluding steroid dienone is 4. The van der Waals surface area contributed by atoms with E-state index in [0.717, 1.165) is 35.3 Å². The first-order valence-electron chi connectivity index (χ1n) is 11.0. The maximum atomic E-state index is 13.3. The molecule has 27 heavy (non-hydrogen) atoms. The fourth-order valence-electron chi connectivity index (χ4n) is 7.50. The van der Waals surface area contributed by atoms with Gasteiger partial charge in [0.25, 0.3) is 0 Å². The van der Waals surface area contributed by atoms with Crippen molar-refractivity contribution in [3.05, 3.63) is 59.7 Å². The van der Waals surface area contributed by atoms with E-state index in [9.17, 15) is 4.79 Å². The van der Waals surface area contributed by atoms with Crippen molar-refractivity contribution in [2.75, 3.05) is 0 Å². The van der Waals surface area contributed by atoms with E-state index < -0.39 is 0 Å². The third-order valence-corrected chi connectivity index (χ3v) is 9.07. The summed E-state index contributed by atoms with van der Waals surface area (Å²) in [6, 6.07) is 9.92. The minimum Gasteiger partial charge on any atom is -0.289 e. The standard InChI is InChI=1S/C26H32O/c1-25-16-7-6-10-19(25)11-12-20-21-13-14-23(26(21,2)17-15-22(20)25)24(27)18-8-4-3-5-9-18/h3-9,14,19-22H,10-13,15-17H2,1-2H3/t19-,20+,21+,22+,25+,26+/m1/s1. The second-order valence-electron chi connectivity index (χ2n) is 10.1. The Kier molecular flexibility index (Phi) is 4.00. The molecular formula is C26H32O. The molecule has 5 rings (SSSR count). The second-order valence-corrected chi connectivity index (χ2v) is 10.1. The highest BCUT2D eigenvalue weighted by atomic mass is 16.1. The first kappa shape index (κ1) is 17.5.